The molecule has 0 aliphatic carbocycles. The Morgan fingerprint density at radius 3 is 2.74 bits per heavy atom. The van der Waals surface area contributed by atoms with E-state index in [0.717, 1.165) is 19.4 Å². The lowest BCUT2D eigenvalue weighted by molar-refractivity contribution is -0.385. The molecule has 0 saturated carbocycles. The number of rotatable bonds is 2. The maximum atomic E-state index is 11.2. The van der Waals surface area contributed by atoms with Crippen LogP contribution in [0.2, 0.25) is 5.28 Å². The van der Waals surface area contributed by atoms with E-state index in [1.54, 1.807) is 6.92 Å². The van der Waals surface area contributed by atoms with Crippen LogP contribution in [0.5, 0.6) is 0 Å². The van der Waals surface area contributed by atoms with Gasteiger partial charge >= 0.3 is 5.69 Å². The van der Waals surface area contributed by atoms with Gasteiger partial charge in [0.1, 0.15) is 5.69 Å². The van der Waals surface area contributed by atoms with Crippen LogP contribution in [0.15, 0.2) is 0 Å². The summed E-state index contributed by atoms with van der Waals surface area (Å²) in [7, 11) is 0. The van der Waals surface area contributed by atoms with E-state index in [1.807, 2.05) is 4.90 Å². The molecule has 0 amide bonds. The number of nitrogens with zero attached hydrogens (tertiary/aromatic N) is 4. The first kappa shape index (κ1) is 14.0. The molecule has 0 aromatic carbocycles. The second kappa shape index (κ2) is 5.28. The Kier molecular flexibility index (Phi) is 3.89. The van der Waals surface area contributed by atoms with Crippen molar-refractivity contribution in [2.75, 3.05) is 11.4 Å². The Bertz CT molecular complexity index is 509. The highest BCUT2D eigenvalue weighted by molar-refractivity contribution is 6.28. The van der Waals surface area contributed by atoms with Gasteiger partial charge in [0.25, 0.3) is 0 Å². The molecule has 1 aliphatic rings. The fraction of sp³-hybridized carbons (Fsp3) is 0.667. The quantitative estimate of drug-likeness (QED) is 0.474. The van der Waals surface area contributed by atoms with Gasteiger partial charge in [-0.1, -0.05) is 6.92 Å². The first-order valence-electron chi connectivity index (χ1n) is 6.37. The van der Waals surface area contributed by atoms with E-state index >= 15 is 0 Å². The predicted octanol–water partition coefficient (Wildman–Crippen LogP) is 2.97. The Hall–Kier alpha value is -1.43. The lowest BCUT2D eigenvalue weighted by Gasteiger charge is -2.38. The highest BCUT2D eigenvalue weighted by atomic mass is 35.5. The number of aromatic nitrogens is 2. The molecular formula is C12H17ClN4O2. The van der Waals surface area contributed by atoms with Gasteiger partial charge in [0.15, 0.2) is 0 Å². The molecule has 2 atom stereocenters. The van der Waals surface area contributed by atoms with Crippen LogP contribution in [0.4, 0.5) is 11.5 Å². The number of anilines is 1. The third-order valence-corrected chi connectivity index (χ3v) is 4.01. The minimum Gasteiger partial charge on any atom is -0.348 e. The summed E-state index contributed by atoms with van der Waals surface area (Å²) < 4.78 is 0. The van der Waals surface area contributed by atoms with E-state index in [2.05, 4.69) is 23.8 Å². The SMILES string of the molecule is Cc1nc(Cl)nc(N2CCCC(C)C2C)c1[N+](=O)[O-]. The summed E-state index contributed by atoms with van der Waals surface area (Å²) >= 11 is 5.86. The van der Waals surface area contributed by atoms with Gasteiger partial charge in [-0.15, -0.1) is 0 Å². The van der Waals surface area contributed by atoms with Crippen LogP contribution >= 0.6 is 11.6 Å². The second-order valence-corrected chi connectivity index (χ2v) is 5.40. The van der Waals surface area contributed by atoms with Crippen molar-refractivity contribution in [3.8, 4) is 0 Å². The summed E-state index contributed by atoms with van der Waals surface area (Å²) in [4.78, 5) is 20.8. The highest BCUT2D eigenvalue weighted by Crippen LogP contribution is 2.35. The van der Waals surface area contributed by atoms with Crippen LogP contribution in [-0.2, 0) is 0 Å². The molecule has 0 bridgehead atoms. The Morgan fingerprint density at radius 1 is 1.42 bits per heavy atom. The van der Waals surface area contributed by atoms with Gasteiger partial charge in [-0.2, -0.15) is 4.98 Å². The fourth-order valence-corrected chi connectivity index (χ4v) is 2.77. The number of halogens is 1. The number of piperidine rings is 1. The molecule has 1 fully saturated rings. The monoisotopic (exact) mass is 284 g/mol. The third kappa shape index (κ3) is 2.63. The van der Waals surface area contributed by atoms with Crippen molar-refractivity contribution >= 4 is 23.1 Å². The van der Waals surface area contributed by atoms with E-state index in [4.69, 9.17) is 11.6 Å². The van der Waals surface area contributed by atoms with Crippen LogP contribution < -0.4 is 4.90 Å². The number of hydrogen-bond donors (Lipinski definition) is 0. The zero-order valence-electron chi connectivity index (χ0n) is 11.3. The first-order valence-corrected chi connectivity index (χ1v) is 6.74. The maximum Gasteiger partial charge on any atom is 0.332 e. The van der Waals surface area contributed by atoms with E-state index < -0.39 is 4.92 Å². The van der Waals surface area contributed by atoms with Crippen molar-refractivity contribution in [2.24, 2.45) is 5.92 Å². The summed E-state index contributed by atoms with van der Waals surface area (Å²) in [6.45, 7) is 6.57. The summed E-state index contributed by atoms with van der Waals surface area (Å²) in [6, 6.07) is 0.206. The lowest BCUT2D eigenvalue weighted by Crippen LogP contribution is -2.43. The topological polar surface area (TPSA) is 72.2 Å². The molecular weight excluding hydrogens is 268 g/mol. The van der Waals surface area contributed by atoms with E-state index in [1.165, 1.54) is 0 Å². The molecule has 2 rings (SSSR count). The van der Waals surface area contributed by atoms with Crippen LogP contribution in [0, 0.1) is 23.0 Å². The number of hydrogen-bond acceptors (Lipinski definition) is 5. The normalized spacial score (nSPS) is 23.5. The molecule has 104 valence electrons. The van der Waals surface area contributed by atoms with Gasteiger partial charge < -0.3 is 4.90 Å². The average molecular weight is 285 g/mol. The van der Waals surface area contributed by atoms with Crippen molar-refractivity contribution in [3.05, 3.63) is 21.1 Å². The predicted molar refractivity (Wildman–Crippen MR) is 73.6 cm³/mol. The van der Waals surface area contributed by atoms with Crippen LogP contribution in [0.25, 0.3) is 0 Å². The minimum absolute atomic E-state index is 0.0367. The van der Waals surface area contributed by atoms with E-state index in [0.29, 0.717) is 17.4 Å². The summed E-state index contributed by atoms with van der Waals surface area (Å²) in [5, 5.41) is 11.3. The zero-order valence-corrected chi connectivity index (χ0v) is 12.0. The zero-order chi connectivity index (χ0) is 14.2. The molecule has 1 aromatic heterocycles. The minimum atomic E-state index is -0.424. The molecule has 1 aromatic rings. The van der Waals surface area contributed by atoms with Crippen molar-refractivity contribution in [1.82, 2.24) is 9.97 Å². The van der Waals surface area contributed by atoms with Gasteiger partial charge in [-0.3, -0.25) is 10.1 Å². The number of aryl methyl sites for hydroxylation is 1. The molecule has 1 saturated heterocycles. The average Bonchev–Trinajstić information content (AvgIpc) is 2.31. The van der Waals surface area contributed by atoms with E-state index in [-0.39, 0.29) is 17.0 Å². The second-order valence-electron chi connectivity index (χ2n) is 5.06. The van der Waals surface area contributed by atoms with Gasteiger partial charge in [-0.05, 0) is 44.2 Å². The van der Waals surface area contributed by atoms with Crippen LogP contribution in [-0.4, -0.2) is 27.5 Å². The molecule has 7 heteroatoms. The Morgan fingerprint density at radius 2 is 2.11 bits per heavy atom. The largest absolute Gasteiger partial charge is 0.348 e. The van der Waals surface area contributed by atoms with E-state index in [9.17, 15) is 10.1 Å². The van der Waals surface area contributed by atoms with Crippen LogP contribution in [0.3, 0.4) is 0 Å². The van der Waals surface area contributed by atoms with Crippen molar-refractivity contribution in [2.45, 2.75) is 39.7 Å². The molecule has 6 nitrogen and oxygen atoms in total. The molecule has 0 N–H and O–H groups in total. The Labute approximate surface area is 117 Å². The van der Waals surface area contributed by atoms with Gasteiger partial charge in [0, 0.05) is 12.6 Å². The van der Waals surface area contributed by atoms with Crippen molar-refractivity contribution < 1.29 is 4.92 Å². The maximum absolute atomic E-state index is 11.2. The van der Waals surface area contributed by atoms with Gasteiger partial charge in [0.05, 0.1) is 4.92 Å². The number of nitro groups is 1. The molecule has 0 spiro atoms. The standard InChI is InChI=1S/C12H17ClN4O2/c1-7-5-4-6-16(9(7)3)11-10(17(18)19)8(2)14-12(13)15-11/h7,9H,4-6H2,1-3H3. The fourth-order valence-electron chi connectivity index (χ4n) is 2.57. The summed E-state index contributed by atoms with van der Waals surface area (Å²) in [6.07, 6.45) is 2.13. The molecule has 19 heavy (non-hydrogen) atoms. The summed E-state index contributed by atoms with van der Waals surface area (Å²) in [5.41, 5.74) is 0.274. The first-order chi connectivity index (χ1) is 8.91. The van der Waals surface area contributed by atoms with Crippen molar-refractivity contribution in [1.29, 1.82) is 0 Å². The molecule has 1 aliphatic heterocycles. The summed E-state index contributed by atoms with van der Waals surface area (Å²) in [5.74, 6) is 0.823. The van der Waals surface area contributed by atoms with Gasteiger partial charge in [-0.25, -0.2) is 4.98 Å². The van der Waals surface area contributed by atoms with Crippen molar-refractivity contribution in [3.63, 3.8) is 0 Å². The Balaban J connectivity index is 2.51. The highest BCUT2D eigenvalue weighted by Gasteiger charge is 2.32. The third-order valence-electron chi connectivity index (χ3n) is 3.84. The lowest BCUT2D eigenvalue weighted by atomic mass is 9.92. The molecule has 2 heterocycles. The molecule has 2 unspecified atom stereocenters. The van der Waals surface area contributed by atoms with Gasteiger partial charge in [0.2, 0.25) is 11.1 Å². The smallest absolute Gasteiger partial charge is 0.332 e. The molecule has 0 radical (unpaired) electrons. The van der Waals surface area contributed by atoms with Crippen LogP contribution in [0.1, 0.15) is 32.4 Å².